The summed E-state index contributed by atoms with van der Waals surface area (Å²) >= 11 is 0. The smallest absolute Gasteiger partial charge is 0.147 e. The molecule has 0 aliphatic rings. The Morgan fingerprint density at radius 1 is 1.40 bits per heavy atom. The van der Waals surface area contributed by atoms with Crippen molar-refractivity contribution in [1.82, 2.24) is 9.97 Å². The molecule has 1 aromatic rings. The number of aromatic nitrogens is 2. The molecule has 1 aromatic heterocycles. The zero-order valence-electron chi connectivity index (χ0n) is 8.71. The number of sulfone groups is 1. The van der Waals surface area contributed by atoms with E-state index in [0.717, 1.165) is 11.9 Å². The zero-order chi connectivity index (χ0) is 11.5. The molecule has 0 aromatic carbocycles. The molecule has 1 rings (SSSR count). The molecule has 1 unspecified atom stereocenters. The number of nitrogens with zero attached hydrogens (tertiary/aromatic N) is 2. The Hall–Kier alpha value is -1.01. The van der Waals surface area contributed by atoms with Crippen LogP contribution in [0.25, 0.3) is 0 Å². The summed E-state index contributed by atoms with van der Waals surface area (Å²) in [6.45, 7) is 1.79. The van der Waals surface area contributed by atoms with Crippen molar-refractivity contribution >= 4 is 9.84 Å². The minimum Gasteiger partial charge on any atom is -0.387 e. The summed E-state index contributed by atoms with van der Waals surface area (Å²) in [6.07, 6.45) is 3.42. The Kier molecular flexibility index (Phi) is 3.76. The lowest BCUT2D eigenvalue weighted by atomic mass is 10.2. The Balaban J connectivity index is 2.61. The van der Waals surface area contributed by atoms with Crippen LogP contribution >= 0.6 is 0 Å². The van der Waals surface area contributed by atoms with Crippen LogP contribution in [-0.2, 0) is 9.84 Å². The molecule has 0 aliphatic heterocycles. The molecule has 6 heteroatoms. The van der Waals surface area contributed by atoms with Crippen LogP contribution < -0.4 is 0 Å². The lowest BCUT2D eigenvalue weighted by molar-refractivity contribution is 0.169. The molecule has 0 saturated carbocycles. The Morgan fingerprint density at radius 2 is 2.07 bits per heavy atom. The predicted molar refractivity (Wildman–Crippen MR) is 56.1 cm³/mol. The van der Waals surface area contributed by atoms with E-state index in [-0.39, 0.29) is 12.2 Å². The van der Waals surface area contributed by atoms with Gasteiger partial charge in [-0.3, -0.25) is 9.97 Å². The maximum atomic E-state index is 10.9. The molecule has 1 N–H and O–H groups in total. The summed E-state index contributed by atoms with van der Waals surface area (Å²) in [7, 11) is -3.04. The van der Waals surface area contributed by atoms with Gasteiger partial charge >= 0.3 is 0 Å². The Labute approximate surface area is 89.1 Å². The van der Waals surface area contributed by atoms with Gasteiger partial charge in [0.25, 0.3) is 0 Å². The van der Waals surface area contributed by atoms with Gasteiger partial charge in [0.15, 0.2) is 0 Å². The van der Waals surface area contributed by atoms with Gasteiger partial charge in [0.05, 0.1) is 29.4 Å². The van der Waals surface area contributed by atoms with E-state index in [2.05, 4.69) is 9.97 Å². The van der Waals surface area contributed by atoms with E-state index < -0.39 is 15.9 Å². The molecule has 1 atom stereocenters. The number of rotatable bonds is 4. The van der Waals surface area contributed by atoms with Crippen molar-refractivity contribution < 1.29 is 13.5 Å². The maximum Gasteiger partial charge on any atom is 0.147 e. The van der Waals surface area contributed by atoms with Crippen molar-refractivity contribution in [2.24, 2.45) is 0 Å². The van der Waals surface area contributed by atoms with Crippen molar-refractivity contribution in [3.63, 3.8) is 0 Å². The number of hydrogen-bond donors (Lipinski definition) is 1. The highest BCUT2D eigenvalue weighted by atomic mass is 32.2. The number of aliphatic hydroxyl groups excluding tert-OH is 1. The summed E-state index contributed by atoms with van der Waals surface area (Å²) in [5.74, 6) is -0.0519. The number of hydrogen-bond acceptors (Lipinski definition) is 5. The van der Waals surface area contributed by atoms with Gasteiger partial charge in [-0.2, -0.15) is 0 Å². The van der Waals surface area contributed by atoms with Crippen LogP contribution in [0.15, 0.2) is 12.4 Å². The Bertz CT molecular complexity index is 413. The first kappa shape index (κ1) is 12.1. The standard InChI is InChI=1S/C9H14N2O3S/c1-7-5-11-8(6-10-7)9(12)3-4-15(2,13)14/h5-6,9,12H,3-4H2,1-2H3. The predicted octanol–water partition coefficient (Wildman–Crippen LogP) is 0.253. The van der Waals surface area contributed by atoms with Crippen LogP contribution in [0.5, 0.6) is 0 Å². The van der Waals surface area contributed by atoms with Gasteiger partial charge in [0, 0.05) is 12.5 Å². The summed E-state index contributed by atoms with van der Waals surface area (Å²) in [6, 6.07) is 0. The number of aliphatic hydroxyl groups is 1. The highest BCUT2D eigenvalue weighted by Crippen LogP contribution is 2.13. The topological polar surface area (TPSA) is 80.2 Å². The fraction of sp³-hybridized carbons (Fsp3) is 0.556. The average Bonchev–Trinajstić information content (AvgIpc) is 2.14. The largest absolute Gasteiger partial charge is 0.387 e. The van der Waals surface area contributed by atoms with Crippen LogP contribution in [0.1, 0.15) is 23.9 Å². The molecular weight excluding hydrogens is 216 g/mol. The SMILES string of the molecule is Cc1cnc(C(O)CCS(C)(=O)=O)cn1. The molecule has 5 nitrogen and oxygen atoms in total. The molecule has 0 aliphatic carbocycles. The normalized spacial score (nSPS) is 13.8. The second kappa shape index (κ2) is 4.67. The highest BCUT2D eigenvalue weighted by molar-refractivity contribution is 7.90. The molecule has 0 spiro atoms. The van der Waals surface area contributed by atoms with Gasteiger partial charge in [0.1, 0.15) is 9.84 Å². The summed E-state index contributed by atoms with van der Waals surface area (Å²) in [5.41, 5.74) is 1.17. The van der Waals surface area contributed by atoms with Crippen LogP contribution in [0.2, 0.25) is 0 Å². The molecular formula is C9H14N2O3S. The maximum absolute atomic E-state index is 10.9. The van der Waals surface area contributed by atoms with Gasteiger partial charge in [-0.15, -0.1) is 0 Å². The van der Waals surface area contributed by atoms with Crippen LogP contribution in [0.3, 0.4) is 0 Å². The zero-order valence-corrected chi connectivity index (χ0v) is 9.53. The third kappa shape index (κ3) is 4.35. The minimum absolute atomic E-state index is 0.0519. The molecule has 0 bridgehead atoms. The lowest BCUT2D eigenvalue weighted by Crippen LogP contribution is -2.09. The van der Waals surface area contributed by atoms with Crippen LogP contribution in [-0.4, -0.2) is 35.5 Å². The lowest BCUT2D eigenvalue weighted by Gasteiger charge is -2.08. The van der Waals surface area contributed by atoms with Gasteiger partial charge in [-0.1, -0.05) is 0 Å². The summed E-state index contributed by atoms with van der Waals surface area (Å²) in [4.78, 5) is 7.94. The fourth-order valence-corrected chi connectivity index (χ4v) is 1.70. The van der Waals surface area contributed by atoms with E-state index >= 15 is 0 Å². The van der Waals surface area contributed by atoms with E-state index in [0.29, 0.717) is 5.69 Å². The van der Waals surface area contributed by atoms with Gasteiger partial charge < -0.3 is 5.11 Å². The molecule has 0 saturated heterocycles. The minimum atomic E-state index is -3.04. The fourth-order valence-electron chi connectivity index (χ4n) is 1.05. The summed E-state index contributed by atoms with van der Waals surface area (Å²) < 4.78 is 21.7. The van der Waals surface area contributed by atoms with E-state index in [1.165, 1.54) is 6.20 Å². The molecule has 0 fully saturated rings. The molecule has 0 amide bonds. The first-order chi connectivity index (χ1) is 6.88. The second-order valence-corrected chi connectivity index (χ2v) is 5.78. The highest BCUT2D eigenvalue weighted by Gasteiger charge is 2.12. The number of aryl methyl sites for hydroxylation is 1. The van der Waals surface area contributed by atoms with E-state index in [9.17, 15) is 13.5 Å². The van der Waals surface area contributed by atoms with Crippen molar-refractivity contribution in [1.29, 1.82) is 0 Å². The average molecular weight is 230 g/mol. The quantitative estimate of drug-likeness (QED) is 0.802. The van der Waals surface area contributed by atoms with Gasteiger partial charge in [0.2, 0.25) is 0 Å². The van der Waals surface area contributed by atoms with Crippen molar-refractivity contribution in [2.45, 2.75) is 19.4 Å². The third-order valence-corrected chi connectivity index (χ3v) is 2.88. The molecule has 15 heavy (non-hydrogen) atoms. The van der Waals surface area contributed by atoms with Gasteiger partial charge in [-0.05, 0) is 13.3 Å². The van der Waals surface area contributed by atoms with E-state index in [1.54, 1.807) is 13.1 Å². The van der Waals surface area contributed by atoms with Crippen molar-refractivity contribution in [3.05, 3.63) is 23.8 Å². The molecule has 84 valence electrons. The second-order valence-electron chi connectivity index (χ2n) is 3.52. The van der Waals surface area contributed by atoms with Crippen molar-refractivity contribution in [2.75, 3.05) is 12.0 Å². The summed E-state index contributed by atoms with van der Waals surface area (Å²) in [5, 5.41) is 9.61. The van der Waals surface area contributed by atoms with Crippen LogP contribution in [0, 0.1) is 6.92 Å². The third-order valence-electron chi connectivity index (χ3n) is 1.90. The van der Waals surface area contributed by atoms with Gasteiger partial charge in [-0.25, -0.2) is 8.42 Å². The van der Waals surface area contributed by atoms with E-state index in [1.807, 2.05) is 0 Å². The first-order valence-electron chi connectivity index (χ1n) is 4.53. The van der Waals surface area contributed by atoms with Crippen molar-refractivity contribution in [3.8, 4) is 0 Å². The molecule has 1 heterocycles. The van der Waals surface area contributed by atoms with Crippen LogP contribution in [0.4, 0.5) is 0 Å². The molecule has 0 radical (unpaired) electrons. The monoisotopic (exact) mass is 230 g/mol. The van der Waals surface area contributed by atoms with E-state index in [4.69, 9.17) is 0 Å². The Morgan fingerprint density at radius 3 is 2.53 bits per heavy atom. The first-order valence-corrected chi connectivity index (χ1v) is 6.59.